The highest BCUT2D eigenvalue weighted by atomic mass is 32.2. The van der Waals surface area contributed by atoms with Gasteiger partial charge in [0.05, 0.1) is 5.69 Å². The van der Waals surface area contributed by atoms with Crippen molar-refractivity contribution in [2.75, 3.05) is 5.73 Å². The van der Waals surface area contributed by atoms with Gasteiger partial charge in [-0.25, -0.2) is 18.5 Å². The van der Waals surface area contributed by atoms with Crippen LogP contribution in [0.15, 0.2) is 45.5 Å². The van der Waals surface area contributed by atoms with Crippen LogP contribution in [0.4, 0.5) is 5.69 Å². The lowest BCUT2D eigenvalue weighted by molar-refractivity contribution is 0.598. The van der Waals surface area contributed by atoms with E-state index in [1.165, 1.54) is 17.8 Å². The summed E-state index contributed by atoms with van der Waals surface area (Å²) < 4.78 is 24.3. The number of nitrogens with zero attached hydrogens (tertiary/aromatic N) is 2. The van der Waals surface area contributed by atoms with E-state index < -0.39 is 10.0 Å². The van der Waals surface area contributed by atoms with Gasteiger partial charge >= 0.3 is 0 Å². The first-order valence-corrected chi connectivity index (χ1v) is 7.32. The maximum absolute atomic E-state index is 11.2. The van der Waals surface area contributed by atoms with Crippen molar-refractivity contribution in [2.24, 2.45) is 12.2 Å². The number of imidazole rings is 1. The number of rotatable bonds is 3. The largest absolute Gasteiger partial charge is 0.398 e. The molecule has 1 aromatic heterocycles. The van der Waals surface area contributed by atoms with Gasteiger partial charge in [-0.3, -0.25) is 0 Å². The molecule has 6 nitrogen and oxygen atoms in total. The van der Waals surface area contributed by atoms with E-state index in [1.807, 2.05) is 17.8 Å². The molecule has 0 amide bonds. The van der Waals surface area contributed by atoms with E-state index in [4.69, 9.17) is 10.9 Å². The van der Waals surface area contributed by atoms with Crippen molar-refractivity contribution in [3.8, 4) is 0 Å². The second-order valence-electron chi connectivity index (χ2n) is 3.67. The fourth-order valence-corrected chi connectivity index (χ4v) is 2.90. The first-order valence-electron chi connectivity index (χ1n) is 4.95. The molecular formula is C10H12N4O2S2. The summed E-state index contributed by atoms with van der Waals surface area (Å²) in [4.78, 5) is 4.89. The highest BCUT2D eigenvalue weighted by molar-refractivity contribution is 7.99. The van der Waals surface area contributed by atoms with Crippen LogP contribution in [0.2, 0.25) is 0 Å². The number of nitrogens with two attached hydrogens (primary N) is 2. The zero-order valence-electron chi connectivity index (χ0n) is 9.57. The zero-order chi connectivity index (χ0) is 13.3. The quantitative estimate of drug-likeness (QED) is 0.811. The molecule has 96 valence electrons. The van der Waals surface area contributed by atoms with Gasteiger partial charge < -0.3 is 10.3 Å². The van der Waals surface area contributed by atoms with Gasteiger partial charge in [0.1, 0.15) is 4.90 Å². The Morgan fingerprint density at radius 2 is 2.11 bits per heavy atom. The molecule has 0 saturated carbocycles. The van der Waals surface area contributed by atoms with E-state index >= 15 is 0 Å². The number of sulfonamides is 1. The second kappa shape index (κ2) is 4.63. The summed E-state index contributed by atoms with van der Waals surface area (Å²) >= 11 is 1.39. The van der Waals surface area contributed by atoms with Gasteiger partial charge in [0.15, 0.2) is 5.16 Å². The summed E-state index contributed by atoms with van der Waals surface area (Å²) in [6.45, 7) is 0. The number of benzene rings is 1. The Kier molecular flexibility index (Phi) is 3.33. The maximum Gasteiger partial charge on any atom is 0.240 e. The average Bonchev–Trinajstić information content (AvgIpc) is 2.62. The Labute approximate surface area is 109 Å². The normalized spacial score (nSPS) is 11.7. The van der Waals surface area contributed by atoms with Gasteiger partial charge in [-0.15, -0.1) is 0 Å². The summed E-state index contributed by atoms with van der Waals surface area (Å²) in [6.07, 6.45) is 3.51. The Hall–Kier alpha value is -1.51. The molecule has 0 bridgehead atoms. The van der Waals surface area contributed by atoms with Crippen LogP contribution in [-0.2, 0) is 17.1 Å². The molecule has 8 heteroatoms. The van der Waals surface area contributed by atoms with Gasteiger partial charge in [0.25, 0.3) is 0 Å². The molecule has 4 N–H and O–H groups in total. The van der Waals surface area contributed by atoms with E-state index in [-0.39, 0.29) is 10.6 Å². The van der Waals surface area contributed by atoms with Gasteiger partial charge in [0, 0.05) is 24.3 Å². The van der Waals surface area contributed by atoms with Crippen LogP contribution in [0.1, 0.15) is 0 Å². The lowest BCUT2D eigenvalue weighted by Gasteiger charge is -2.06. The summed E-state index contributed by atoms with van der Waals surface area (Å²) in [6, 6.07) is 4.62. The highest BCUT2D eigenvalue weighted by Crippen LogP contribution is 2.29. The molecule has 0 saturated heterocycles. The number of anilines is 1. The number of hydrogen-bond donors (Lipinski definition) is 2. The molecule has 2 aromatic rings. The minimum atomic E-state index is -3.78. The van der Waals surface area contributed by atoms with Gasteiger partial charge in [-0.2, -0.15) is 0 Å². The predicted molar refractivity (Wildman–Crippen MR) is 69.6 cm³/mol. The van der Waals surface area contributed by atoms with Crippen LogP contribution in [0.5, 0.6) is 0 Å². The molecule has 1 aromatic carbocycles. The molecule has 2 rings (SSSR count). The number of aromatic nitrogens is 2. The van der Waals surface area contributed by atoms with Crippen molar-refractivity contribution in [2.45, 2.75) is 14.9 Å². The van der Waals surface area contributed by atoms with Crippen LogP contribution < -0.4 is 10.9 Å². The number of hydrogen-bond acceptors (Lipinski definition) is 5. The van der Waals surface area contributed by atoms with E-state index in [0.29, 0.717) is 0 Å². The average molecular weight is 284 g/mol. The van der Waals surface area contributed by atoms with Gasteiger partial charge in [-0.1, -0.05) is 11.8 Å². The number of aryl methyl sites for hydroxylation is 1. The lowest BCUT2D eigenvalue weighted by Crippen LogP contribution is -2.14. The maximum atomic E-state index is 11.2. The van der Waals surface area contributed by atoms with Crippen LogP contribution in [0, 0.1) is 0 Å². The Balaban J connectivity index is 2.33. The predicted octanol–water partition coefficient (Wildman–Crippen LogP) is 0.801. The highest BCUT2D eigenvalue weighted by Gasteiger charge is 2.13. The van der Waals surface area contributed by atoms with Gasteiger partial charge in [0.2, 0.25) is 10.0 Å². The molecule has 0 radical (unpaired) electrons. The first-order chi connectivity index (χ1) is 8.38. The van der Waals surface area contributed by atoms with Crippen molar-refractivity contribution in [1.82, 2.24) is 9.55 Å². The molecule has 0 aliphatic rings. The van der Waals surface area contributed by atoms with E-state index in [9.17, 15) is 8.42 Å². The number of primary sulfonamides is 1. The first kappa shape index (κ1) is 12.9. The van der Waals surface area contributed by atoms with Gasteiger partial charge in [-0.05, 0) is 18.2 Å². The minimum absolute atomic E-state index is 0.0632. The van der Waals surface area contributed by atoms with Crippen molar-refractivity contribution < 1.29 is 8.42 Å². The number of nitrogen functional groups attached to an aromatic ring is 1. The molecule has 0 spiro atoms. The summed E-state index contributed by atoms with van der Waals surface area (Å²) in [5, 5.41) is 5.83. The summed E-state index contributed by atoms with van der Waals surface area (Å²) in [5.74, 6) is 0. The standard InChI is InChI=1S/C10H12N4O2S2/c1-14-5-4-13-10(14)17-7-2-3-9(8(11)6-7)18(12,15)16/h2-6H,11H2,1H3,(H2,12,15,16). The fraction of sp³-hybridized carbons (Fsp3) is 0.100. The smallest absolute Gasteiger partial charge is 0.240 e. The molecule has 0 aliphatic heterocycles. The monoisotopic (exact) mass is 284 g/mol. The third-order valence-corrected chi connectivity index (χ3v) is 4.32. The second-order valence-corrected chi connectivity index (χ2v) is 6.24. The van der Waals surface area contributed by atoms with Crippen LogP contribution in [-0.4, -0.2) is 18.0 Å². The lowest BCUT2D eigenvalue weighted by atomic mass is 10.3. The molecule has 0 unspecified atom stereocenters. The van der Waals surface area contributed by atoms with Crippen molar-refractivity contribution in [3.05, 3.63) is 30.6 Å². The van der Waals surface area contributed by atoms with Crippen LogP contribution in [0.3, 0.4) is 0 Å². The minimum Gasteiger partial charge on any atom is -0.398 e. The molecule has 0 aliphatic carbocycles. The van der Waals surface area contributed by atoms with E-state index in [1.54, 1.807) is 18.3 Å². The van der Waals surface area contributed by atoms with E-state index in [0.717, 1.165) is 10.1 Å². The third-order valence-electron chi connectivity index (χ3n) is 2.27. The topological polar surface area (TPSA) is 104 Å². The van der Waals surface area contributed by atoms with E-state index in [2.05, 4.69) is 4.98 Å². The molecular weight excluding hydrogens is 272 g/mol. The summed E-state index contributed by atoms with van der Waals surface area (Å²) in [5.41, 5.74) is 5.81. The molecule has 0 atom stereocenters. The third kappa shape index (κ3) is 2.66. The zero-order valence-corrected chi connectivity index (χ0v) is 11.2. The fourth-order valence-electron chi connectivity index (χ4n) is 1.40. The Morgan fingerprint density at radius 3 is 2.61 bits per heavy atom. The molecule has 0 fully saturated rings. The van der Waals surface area contributed by atoms with Crippen molar-refractivity contribution >= 4 is 27.5 Å². The molecule has 18 heavy (non-hydrogen) atoms. The van der Waals surface area contributed by atoms with Crippen LogP contribution in [0.25, 0.3) is 0 Å². The van der Waals surface area contributed by atoms with Crippen molar-refractivity contribution in [1.29, 1.82) is 0 Å². The Bertz CT molecular complexity index is 679. The van der Waals surface area contributed by atoms with Crippen molar-refractivity contribution in [3.63, 3.8) is 0 Å². The van der Waals surface area contributed by atoms with Crippen LogP contribution >= 0.6 is 11.8 Å². The summed E-state index contributed by atoms with van der Waals surface area (Å²) in [7, 11) is -1.90. The SMILES string of the molecule is Cn1ccnc1Sc1ccc(S(N)(=O)=O)c(N)c1. The Morgan fingerprint density at radius 1 is 1.39 bits per heavy atom. The molecule has 1 heterocycles.